The number of ether oxygens (including phenoxy) is 1. The predicted octanol–water partition coefficient (Wildman–Crippen LogP) is 3.90. The molecule has 0 heterocycles. The topological polar surface area (TPSA) is 99.5 Å². The lowest BCUT2D eigenvalue weighted by Gasteiger charge is -2.22. The first kappa shape index (κ1) is 24.0. The molecule has 0 aromatic heterocycles. The highest BCUT2D eigenvalue weighted by molar-refractivity contribution is 7.89. The van der Waals surface area contributed by atoms with E-state index < -0.39 is 15.9 Å². The summed E-state index contributed by atoms with van der Waals surface area (Å²) < 4.78 is 33.3. The van der Waals surface area contributed by atoms with Gasteiger partial charge in [-0.05, 0) is 53.9 Å². The highest BCUT2D eigenvalue weighted by Gasteiger charge is 2.27. The van der Waals surface area contributed by atoms with Gasteiger partial charge in [0.05, 0.1) is 31.0 Å². The van der Waals surface area contributed by atoms with Crippen LogP contribution in [0.25, 0.3) is 0 Å². The number of sulfonamides is 1. The molecule has 3 aromatic carbocycles. The number of methoxy groups -OCH3 is 1. The highest BCUT2D eigenvalue weighted by atomic mass is 32.2. The predicted molar refractivity (Wildman–Crippen MR) is 126 cm³/mol. The number of benzene rings is 3. The third-order valence-electron chi connectivity index (χ3n) is 5.05. The van der Waals surface area contributed by atoms with E-state index >= 15 is 0 Å². The molecule has 3 aromatic rings. The lowest BCUT2D eigenvalue weighted by Crippen LogP contribution is -2.37. The van der Waals surface area contributed by atoms with Gasteiger partial charge in [-0.1, -0.05) is 42.5 Å². The van der Waals surface area contributed by atoms with E-state index in [0.717, 1.165) is 15.4 Å². The molecule has 0 aliphatic heterocycles. The Morgan fingerprint density at radius 1 is 1.03 bits per heavy atom. The standard InChI is InChI=1S/C25H25N3O4S/c1-19-16-23(12-13-24(19)32-2)33(30,31)28(17-21-6-4-3-5-7-21)18-25(29)27-22-10-8-20(9-11-22)14-15-26/h3-13,16H,14,17-18H2,1-2H3,(H,27,29). The first-order valence-corrected chi connectivity index (χ1v) is 11.7. The fourth-order valence-corrected chi connectivity index (χ4v) is 4.80. The van der Waals surface area contributed by atoms with Gasteiger partial charge in [0.1, 0.15) is 5.75 Å². The first-order chi connectivity index (χ1) is 15.8. The van der Waals surface area contributed by atoms with Crippen molar-refractivity contribution in [3.05, 3.63) is 89.5 Å². The van der Waals surface area contributed by atoms with Gasteiger partial charge >= 0.3 is 0 Å². The molecule has 7 nitrogen and oxygen atoms in total. The third kappa shape index (κ3) is 6.19. The Morgan fingerprint density at radius 3 is 2.33 bits per heavy atom. The van der Waals surface area contributed by atoms with Gasteiger partial charge in [-0.15, -0.1) is 0 Å². The van der Waals surface area contributed by atoms with Crippen molar-refractivity contribution in [1.29, 1.82) is 5.26 Å². The summed E-state index contributed by atoms with van der Waals surface area (Å²) in [6.45, 7) is 1.45. The number of hydrogen-bond donors (Lipinski definition) is 1. The number of carbonyl (C=O) groups excluding carboxylic acids is 1. The van der Waals surface area contributed by atoms with Crippen LogP contribution < -0.4 is 10.1 Å². The average Bonchev–Trinajstić information content (AvgIpc) is 2.80. The Bertz CT molecular complexity index is 1250. The molecule has 0 saturated carbocycles. The largest absolute Gasteiger partial charge is 0.496 e. The van der Waals surface area contributed by atoms with E-state index in [0.29, 0.717) is 17.0 Å². The number of aryl methyl sites for hydroxylation is 1. The van der Waals surface area contributed by atoms with Gasteiger partial charge in [0.15, 0.2) is 0 Å². The minimum Gasteiger partial charge on any atom is -0.496 e. The summed E-state index contributed by atoms with van der Waals surface area (Å²) in [5.74, 6) is 0.119. The highest BCUT2D eigenvalue weighted by Crippen LogP contribution is 2.25. The zero-order chi connectivity index (χ0) is 23.8. The normalized spacial score (nSPS) is 11.1. The molecule has 1 N–H and O–H groups in total. The summed E-state index contributed by atoms with van der Waals surface area (Å²) >= 11 is 0. The number of nitriles is 1. The van der Waals surface area contributed by atoms with Crippen molar-refractivity contribution < 1.29 is 17.9 Å². The van der Waals surface area contributed by atoms with E-state index in [1.54, 1.807) is 37.3 Å². The molecule has 3 rings (SSSR count). The molecule has 0 spiro atoms. The SMILES string of the molecule is COc1ccc(S(=O)(=O)N(CC(=O)Nc2ccc(CC#N)cc2)Cc2ccccc2)cc1C. The smallest absolute Gasteiger partial charge is 0.243 e. The quantitative estimate of drug-likeness (QED) is 0.519. The van der Waals surface area contributed by atoms with E-state index in [2.05, 4.69) is 11.4 Å². The molecule has 0 radical (unpaired) electrons. The summed E-state index contributed by atoms with van der Waals surface area (Å²) in [6.07, 6.45) is 0.276. The van der Waals surface area contributed by atoms with Crippen molar-refractivity contribution >= 4 is 21.6 Å². The van der Waals surface area contributed by atoms with Gasteiger partial charge in [0.2, 0.25) is 15.9 Å². The van der Waals surface area contributed by atoms with Gasteiger partial charge in [0.25, 0.3) is 0 Å². The second-order valence-corrected chi connectivity index (χ2v) is 9.41. The van der Waals surface area contributed by atoms with Crippen LogP contribution in [0.5, 0.6) is 5.75 Å². The molecule has 0 bridgehead atoms. The average molecular weight is 464 g/mol. The van der Waals surface area contributed by atoms with Gasteiger partial charge in [0, 0.05) is 12.2 Å². The van der Waals surface area contributed by atoms with Crippen molar-refractivity contribution in [2.45, 2.75) is 24.8 Å². The minimum atomic E-state index is -3.97. The number of anilines is 1. The van der Waals surface area contributed by atoms with E-state index in [9.17, 15) is 13.2 Å². The van der Waals surface area contributed by atoms with Crippen molar-refractivity contribution in [2.24, 2.45) is 0 Å². The zero-order valence-corrected chi connectivity index (χ0v) is 19.3. The van der Waals surface area contributed by atoms with Gasteiger partial charge in [-0.2, -0.15) is 9.57 Å². The second-order valence-electron chi connectivity index (χ2n) is 7.47. The van der Waals surface area contributed by atoms with E-state index in [4.69, 9.17) is 10.00 Å². The summed E-state index contributed by atoms with van der Waals surface area (Å²) in [5, 5.41) is 11.5. The number of nitrogens with zero attached hydrogens (tertiary/aromatic N) is 2. The number of amides is 1. The molecule has 0 fully saturated rings. The summed E-state index contributed by atoms with van der Waals surface area (Å²) in [6, 6.07) is 22.7. The molecule has 33 heavy (non-hydrogen) atoms. The van der Waals surface area contributed by atoms with Crippen molar-refractivity contribution in [2.75, 3.05) is 19.0 Å². The van der Waals surface area contributed by atoms with Gasteiger partial charge in [-0.25, -0.2) is 8.42 Å². The maximum atomic E-state index is 13.5. The van der Waals surface area contributed by atoms with Gasteiger partial charge < -0.3 is 10.1 Å². The number of rotatable bonds is 9. The maximum Gasteiger partial charge on any atom is 0.243 e. The monoisotopic (exact) mass is 463 g/mol. The van der Waals surface area contributed by atoms with Crippen molar-refractivity contribution in [1.82, 2.24) is 4.31 Å². The number of carbonyl (C=O) groups is 1. The Hall–Kier alpha value is -3.67. The molecule has 0 saturated heterocycles. The van der Waals surface area contributed by atoms with Crippen LogP contribution >= 0.6 is 0 Å². The van der Waals surface area contributed by atoms with Crippen LogP contribution in [-0.4, -0.2) is 32.3 Å². The fraction of sp³-hybridized carbons (Fsp3) is 0.200. The Balaban J connectivity index is 1.85. The molecule has 0 aliphatic rings. The third-order valence-corrected chi connectivity index (χ3v) is 6.83. The van der Waals surface area contributed by atoms with Crippen LogP contribution in [0.2, 0.25) is 0 Å². The van der Waals surface area contributed by atoms with Crippen molar-refractivity contribution in [3.8, 4) is 11.8 Å². The molecular formula is C25H25N3O4S. The Morgan fingerprint density at radius 2 is 1.73 bits per heavy atom. The summed E-state index contributed by atoms with van der Waals surface area (Å²) in [4.78, 5) is 12.9. The summed E-state index contributed by atoms with van der Waals surface area (Å²) in [5.41, 5.74) is 2.80. The maximum absolute atomic E-state index is 13.5. The van der Waals surface area contributed by atoms with Gasteiger partial charge in [-0.3, -0.25) is 4.79 Å². The van der Waals surface area contributed by atoms with Crippen molar-refractivity contribution in [3.63, 3.8) is 0 Å². The van der Waals surface area contributed by atoms with E-state index in [1.807, 2.05) is 30.3 Å². The van der Waals surface area contributed by atoms with E-state index in [1.165, 1.54) is 19.2 Å². The number of nitrogens with one attached hydrogen (secondary N) is 1. The van der Waals surface area contributed by atoms with Crippen LogP contribution in [0, 0.1) is 18.3 Å². The van der Waals surface area contributed by atoms with E-state index in [-0.39, 0.29) is 24.4 Å². The second kappa shape index (κ2) is 10.8. The molecule has 0 aliphatic carbocycles. The molecule has 0 unspecified atom stereocenters. The summed E-state index contributed by atoms with van der Waals surface area (Å²) in [7, 11) is -2.44. The van der Waals surface area contributed by atoms with Crippen LogP contribution in [0.1, 0.15) is 16.7 Å². The molecule has 170 valence electrons. The lowest BCUT2D eigenvalue weighted by atomic mass is 10.1. The van der Waals surface area contributed by atoms with Crippen LogP contribution in [0.4, 0.5) is 5.69 Å². The molecule has 1 amide bonds. The number of hydrogen-bond acceptors (Lipinski definition) is 5. The molecule has 0 atom stereocenters. The van der Waals surface area contributed by atoms with Crippen LogP contribution in [-0.2, 0) is 27.8 Å². The zero-order valence-electron chi connectivity index (χ0n) is 18.5. The van der Waals surface area contributed by atoms with Crippen LogP contribution in [0.3, 0.4) is 0 Å². The fourth-order valence-electron chi connectivity index (χ4n) is 3.33. The molecular weight excluding hydrogens is 438 g/mol. The Kier molecular flexibility index (Phi) is 7.83. The van der Waals surface area contributed by atoms with Crippen LogP contribution in [0.15, 0.2) is 77.7 Å². The first-order valence-electron chi connectivity index (χ1n) is 10.3. The lowest BCUT2D eigenvalue weighted by molar-refractivity contribution is -0.116. The molecule has 8 heteroatoms. The minimum absolute atomic E-state index is 0.0444. The Labute approximate surface area is 194 Å².